The first-order valence-corrected chi connectivity index (χ1v) is 7.47. The molecule has 0 bridgehead atoms. The van der Waals surface area contributed by atoms with Crippen LogP contribution in [-0.2, 0) is 10.2 Å². The molecule has 104 valence electrons. The number of halogens is 1. The number of rotatable bonds is 5. The van der Waals surface area contributed by atoms with Gasteiger partial charge in [-0.3, -0.25) is 4.79 Å². The van der Waals surface area contributed by atoms with Gasteiger partial charge in [0.25, 0.3) is 0 Å². The van der Waals surface area contributed by atoms with Crippen LogP contribution in [0, 0.1) is 5.92 Å². The SMILES string of the molecule is CC(C)CCNC(=O)C1(c2ccc(Cl)cc2)CCC1. The van der Waals surface area contributed by atoms with Crippen LogP contribution >= 0.6 is 11.6 Å². The van der Waals surface area contributed by atoms with Gasteiger partial charge in [-0.2, -0.15) is 0 Å². The lowest BCUT2D eigenvalue weighted by atomic mass is 9.64. The molecule has 0 radical (unpaired) electrons. The lowest BCUT2D eigenvalue weighted by molar-refractivity contribution is -0.129. The number of benzene rings is 1. The number of nitrogens with one attached hydrogen (secondary N) is 1. The number of amides is 1. The molecule has 0 atom stereocenters. The van der Waals surface area contributed by atoms with Gasteiger partial charge in [-0.1, -0.05) is 44.0 Å². The zero-order chi connectivity index (χ0) is 13.9. The average molecular weight is 280 g/mol. The molecule has 1 fully saturated rings. The maximum Gasteiger partial charge on any atom is 0.230 e. The minimum absolute atomic E-state index is 0.182. The molecule has 0 aliphatic heterocycles. The molecule has 2 rings (SSSR count). The molecule has 1 aromatic rings. The van der Waals surface area contributed by atoms with Crippen molar-refractivity contribution in [2.75, 3.05) is 6.54 Å². The monoisotopic (exact) mass is 279 g/mol. The van der Waals surface area contributed by atoms with Gasteiger partial charge in [0.05, 0.1) is 5.41 Å². The van der Waals surface area contributed by atoms with E-state index in [1.54, 1.807) is 0 Å². The lowest BCUT2D eigenvalue weighted by Crippen LogP contribution is -2.49. The van der Waals surface area contributed by atoms with Crippen molar-refractivity contribution in [3.05, 3.63) is 34.9 Å². The Labute approximate surface area is 120 Å². The summed E-state index contributed by atoms with van der Waals surface area (Å²) in [5.74, 6) is 0.801. The lowest BCUT2D eigenvalue weighted by Gasteiger charge is -2.40. The van der Waals surface area contributed by atoms with E-state index in [2.05, 4.69) is 19.2 Å². The normalized spacial score (nSPS) is 17.1. The fourth-order valence-corrected chi connectivity index (χ4v) is 2.72. The first kappa shape index (κ1) is 14.4. The topological polar surface area (TPSA) is 29.1 Å². The Morgan fingerprint density at radius 3 is 2.42 bits per heavy atom. The van der Waals surface area contributed by atoms with E-state index in [-0.39, 0.29) is 11.3 Å². The minimum Gasteiger partial charge on any atom is -0.355 e. The van der Waals surface area contributed by atoms with E-state index in [9.17, 15) is 4.79 Å². The zero-order valence-corrected chi connectivity index (χ0v) is 12.5. The highest BCUT2D eigenvalue weighted by Crippen LogP contribution is 2.44. The maximum atomic E-state index is 12.5. The van der Waals surface area contributed by atoms with Gasteiger partial charge in [-0.25, -0.2) is 0 Å². The smallest absolute Gasteiger partial charge is 0.230 e. The summed E-state index contributed by atoms with van der Waals surface area (Å²) in [7, 11) is 0. The van der Waals surface area contributed by atoms with Crippen LogP contribution in [-0.4, -0.2) is 12.5 Å². The van der Waals surface area contributed by atoms with Crippen LogP contribution in [0.25, 0.3) is 0 Å². The first-order valence-electron chi connectivity index (χ1n) is 7.09. The van der Waals surface area contributed by atoms with Gasteiger partial charge < -0.3 is 5.32 Å². The molecule has 1 amide bonds. The molecule has 0 spiro atoms. The summed E-state index contributed by atoms with van der Waals surface area (Å²) in [6.07, 6.45) is 4.05. The summed E-state index contributed by atoms with van der Waals surface area (Å²) in [5, 5.41) is 3.82. The van der Waals surface area contributed by atoms with Crippen molar-refractivity contribution in [2.24, 2.45) is 5.92 Å². The Morgan fingerprint density at radius 1 is 1.32 bits per heavy atom. The Hall–Kier alpha value is -1.02. The van der Waals surface area contributed by atoms with Crippen molar-refractivity contribution in [1.82, 2.24) is 5.32 Å². The van der Waals surface area contributed by atoms with Gasteiger partial charge in [-0.05, 0) is 42.9 Å². The second kappa shape index (κ2) is 5.96. The highest BCUT2D eigenvalue weighted by atomic mass is 35.5. The standard InChI is InChI=1S/C16H22ClNO/c1-12(2)8-11-18-15(19)16(9-3-10-16)13-4-6-14(17)7-5-13/h4-7,12H,3,8-11H2,1-2H3,(H,18,19). The predicted octanol–water partition coefficient (Wildman–Crippen LogP) is 3.92. The molecular formula is C16H22ClNO. The number of hydrogen-bond acceptors (Lipinski definition) is 1. The van der Waals surface area contributed by atoms with E-state index in [0.717, 1.165) is 42.8 Å². The summed E-state index contributed by atoms with van der Waals surface area (Å²) in [6, 6.07) is 7.73. The number of carbonyl (C=O) groups is 1. The highest BCUT2D eigenvalue weighted by molar-refractivity contribution is 6.30. The van der Waals surface area contributed by atoms with E-state index >= 15 is 0 Å². The van der Waals surface area contributed by atoms with Gasteiger partial charge in [0.1, 0.15) is 0 Å². The van der Waals surface area contributed by atoms with E-state index in [1.807, 2.05) is 24.3 Å². The van der Waals surface area contributed by atoms with Crippen molar-refractivity contribution >= 4 is 17.5 Å². The largest absolute Gasteiger partial charge is 0.355 e. The predicted molar refractivity (Wildman–Crippen MR) is 79.4 cm³/mol. The molecule has 1 N–H and O–H groups in total. The fraction of sp³-hybridized carbons (Fsp3) is 0.562. The van der Waals surface area contributed by atoms with Crippen molar-refractivity contribution < 1.29 is 4.79 Å². The molecule has 1 aliphatic carbocycles. The Balaban J connectivity index is 2.05. The third-order valence-corrected chi connectivity index (χ3v) is 4.30. The number of hydrogen-bond donors (Lipinski definition) is 1. The van der Waals surface area contributed by atoms with Crippen LogP contribution < -0.4 is 5.32 Å². The number of carbonyl (C=O) groups excluding carboxylic acids is 1. The summed E-state index contributed by atoms with van der Waals surface area (Å²) in [5.41, 5.74) is 0.798. The Bertz CT molecular complexity index is 435. The molecule has 1 aromatic carbocycles. The average Bonchev–Trinajstić information content (AvgIpc) is 2.29. The van der Waals surface area contributed by atoms with Gasteiger partial charge >= 0.3 is 0 Å². The minimum atomic E-state index is -0.304. The van der Waals surface area contributed by atoms with Crippen LogP contribution in [0.5, 0.6) is 0 Å². The molecule has 1 saturated carbocycles. The van der Waals surface area contributed by atoms with Crippen LogP contribution in [0.3, 0.4) is 0 Å². The molecule has 0 aromatic heterocycles. The first-order chi connectivity index (χ1) is 9.04. The van der Waals surface area contributed by atoms with E-state index in [1.165, 1.54) is 0 Å². The molecule has 2 nitrogen and oxygen atoms in total. The Morgan fingerprint density at radius 2 is 1.95 bits per heavy atom. The summed E-state index contributed by atoms with van der Waals surface area (Å²) in [6.45, 7) is 5.11. The molecule has 1 aliphatic rings. The second-order valence-corrected chi connectivity index (χ2v) is 6.32. The molecule has 0 heterocycles. The van der Waals surface area contributed by atoms with Crippen molar-refractivity contribution in [3.8, 4) is 0 Å². The summed E-state index contributed by atoms with van der Waals surface area (Å²) in [4.78, 5) is 12.5. The molecular weight excluding hydrogens is 258 g/mol. The third-order valence-electron chi connectivity index (χ3n) is 4.05. The maximum absolute atomic E-state index is 12.5. The van der Waals surface area contributed by atoms with Crippen molar-refractivity contribution in [1.29, 1.82) is 0 Å². The van der Waals surface area contributed by atoms with Gasteiger partial charge in [0.2, 0.25) is 5.91 Å². The van der Waals surface area contributed by atoms with Crippen LogP contribution in [0.4, 0.5) is 0 Å². The second-order valence-electron chi connectivity index (χ2n) is 5.88. The zero-order valence-electron chi connectivity index (χ0n) is 11.7. The molecule has 19 heavy (non-hydrogen) atoms. The highest BCUT2D eigenvalue weighted by Gasteiger charge is 2.45. The Kier molecular flexibility index (Phi) is 4.51. The van der Waals surface area contributed by atoms with Gasteiger partial charge in [-0.15, -0.1) is 0 Å². The summed E-state index contributed by atoms with van der Waals surface area (Å²) < 4.78 is 0. The van der Waals surface area contributed by atoms with Gasteiger partial charge in [0, 0.05) is 11.6 Å². The van der Waals surface area contributed by atoms with Crippen molar-refractivity contribution in [2.45, 2.75) is 44.9 Å². The third kappa shape index (κ3) is 3.11. The van der Waals surface area contributed by atoms with Crippen molar-refractivity contribution in [3.63, 3.8) is 0 Å². The van der Waals surface area contributed by atoms with E-state index in [0.29, 0.717) is 5.92 Å². The fourth-order valence-electron chi connectivity index (χ4n) is 2.59. The molecule has 0 unspecified atom stereocenters. The molecule has 3 heteroatoms. The van der Waals surface area contributed by atoms with E-state index in [4.69, 9.17) is 11.6 Å². The summed E-state index contributed by atoms with van der Waals surface area (Å²) >= 11 is 5.92. The van der Waals surface area contributed by atoms with Gasteiger partial charge in [0.15, 0.2) is 0 Å². The van der Waals surface area contributed by atoms with Crippen LogP contribution in [0.15, 0.2) is 24.3 Å². The van der Waals surface area contributed by atoms with Crippen LogP contribution in [0.2, 0.25) is 5.02 Å². The quantitative estimate of drug-likeness (QED) is 0.869. The van der Waals surface area contributed by atoms with Crippen LogP contribution in [0.1, 0.15) is 45.1 Å². The van der Waals surface area contributed by atoms with E-state index < -0.39 is 0 Å². The molecule has 0 saturated heterocycles.